The van der Waals surface area contributed by atoms with Crippen LogP contribution >= 0.6 is 35.6 Å². The number of sulfone groups is 1. The molecule has 2 aliphatic heterocycles. The van der Waals surface area contributed by atoms with Crippen LogP contribution in [0.15, 0.2) is 45.7 Å². The monoisotopic (exact) mass is 538 g/mol. The average molecular weight is 539 g/mol. The average Bonchev–Trinajstić information content (AvgIpc) is 3.43. The van der Waals surface area contributed by atoms with Crippen molar-refractivity contribution in [3.8, 4) is 0 Å². The summed E-state index contributed by atoms with van der Waals surface area (Å²) in [5, 5.41) is 0.604. The normalized spacial score (nSPS) is 20.9. The summed E-state index contributed by atoms with van der Waals surface area (Å²) < 4.78 is 30.1. The zero-order valence-electron chi connectivity index (χ0n) is 18.4. The van der Waals surface area contributed by atoms with E-state index in [0.717, 1.165) is 5.56 Å². The third kappa shape index (κ3) is 5.91. The minimum Gasteiger partial charge on any atom is -0.464 e. The number of amides is 2. The van der Waals surface area contributed by atoms with Gasteiger partial charge in [-0.2, -0.15) is 0 Å². The van der Waals surface area contributed by atoms with Crippen LogP contribution in [-0.4, -0.2) is 58.4 Å². The molecular weight excluding hydrogens is 516 g/mol. The molecule has 7 nitrogen and oxygen atoms in total. The Bertz CT molecular complexity index is 1250. The van der Waals surface area contributed by atoms with Crippen molar-refractivity contribution < 1.29 is 22.4 Å². The first-order chi connectivity index (χ1) is 16.1. The molecule has 2 amide bonds. The molecule has 0 spiro atoms. The number of aryl methyl sites for hydroxylation is 1. The smallest absolute Gasteiger partial charge is 0.266 e. The van der Waals surface area contributed by atoms with Crippen molar-refractivity contribution in [1.82, 2.24) is 9.80 Å². The molecule has 34 heavy (non-hydrogen) atoms. The SMILES string of the molecule is Cc1ccc(CN(C(=O)CCN2C(=O)/C(=C/c3ccc(Cl)cc3)SC2=S)C2CCS(=O)(=O)C2)o1. The summed E-state index contributed by atoms with van der Waals surface area (Å²) in [4.78, 5) is 29.6. The molecule has 0 saturated carbocycles. The lowest BCUT2D eigenvalue weighted by atomic mass is 10.2. The largest absolute Gasteiger partial charge is 0.464 e. The molecule has 0 N–H and O–H groups in total. The number of carbonyl (C=O) groups is 2. The lowest BCUT2D eigenvalue weighted by Crippen LogP contribution is -2.42. The van der Waals surface area contributed by atoms with E-state index >= 15 is 0 Å². The molecule has 0 radical (unpaired) electrons. The van der Waals surface area contributed by atoms with Gasteiger partial charge in [-0.25, -0.2) is 8.42 Å². The van der Waals surface area contributed by atoms with Crippen molar-refractivity contribution in [2.24, 2.45) is 0 Å². The van der Waals surface area contributed by atoms with Gasteiger partial charge in [0.15, 0.2) is 9.84 Å². The third-order valence-electron chi connectivity index (χ3n) is 5.68. The molecule has 1 unspecified atom stereocenters. The molecule has 3 heterocycles. The summed E-state index contributed by atoms with van der Waals surface area (Å²) >= 11 is 12.5. The van der Waals surface area contributed by atoms with E-state index in [1.807, 2.05) is 19.1 Å². The van der Waals surface area contributed by atoms with E-state index in [1.165, 1.54) is 16.7 Å². The molecule has 2 aliphatic rings. The zero-order valence-corrected chi connectivity index (χ0v) is 21.6. The number of carbonyl (C=O) groups excluding carboxylic acids is 2. The fourth-order valence-corrected chi connectivity index (χ4v) is 7.10. The maximum atomic E-state index is 13.2. The maximum Gasteiger partial charge on any atom is 0.266 e. The Kier molecular flexibility index (Phi) is 7.51. The first-order valence-electron chi connectivity index (χ1n) is 10.7. The van der Waals surface area contributed by atoms with Crippen molar-refractivity contribution >= 4 is 67.6 Å². The van der Waals surface area contributed by atoms with E-state index in [4.69, 9.17) is 28.2 Å². The van der Waals surface area contributed by atoms with Gasteiger partial charge in [-0.1, -0.05) is 47.7 Å². The number of hydrogen-bond acceptors (Lipinski definition) is 7. The second-order valence-corrected chi connectivity index (χ2v) is 12.6. The van der Waals surface area contributed by atoms with Gasteiger partial charge in [-0.15, -0.1) is 0 Å². The lowest BCUT2D eigenvalue weighted by Gasteiger charge is -2.28. The Labute approximate surface area is 213 Å². The van der Waals surface area contributed by atoms with Crippen LogP contribution in [0.2, 0.25) is 5.02 Å². The van der Waals surface area contributed by atoms with Crippen molar-refractivity contribution in [2.75, 3.05) is 18.1 Å². The topological polar surface area (TPSA) is 87.9 Å². The predicted octanol–water partition coefficient (Wildman–Crippen LogP) is 4.05. The number of benzene rings is 1. The lowest BCUT2D eigenvalue weighted by molar-refractivity contribution is -0.134. The van der Waals surface area contributed by atoms with Crippen LogP contribution in [0.5, 0.6) is 0 Å². The van der Waals surface area contributed by atoms with Gasteiger partial charge in [0.05, 0.1) is 23.0 Å². The van der Waals surface area contributed by atoms with Gasteiger partial charge < -0.3 is 9.32 Å². The second kappa shape index (κ2) is 10.2. The van der Waals surface area contributed by atoms with Crippen molar-refractivity contribution in [1.29, 1.82) is 0 Å². The first kappa shape index (κ1) is 25.0. The Balaban J connectivity index is 1.44. The Morgan fingerprint density at radius 2 is 2.03 bits per heavy atom. The van der Waals surface area contributed by atoms with Gasteiger partial charge in [0, 0.05) is 24.0 Å². The van der Waals surface area contributed by atoms with Crippen molar-refractivity contribution in [3.05, 3.63) is 63.4 Å². The number of rotatable bonds is 7. The zero-order chi connectivity index (χ0) is 24.5. The van der Waals surface area contributed by atoms with Crippen LogP contribution in [0, 0.1) is 6.92 Å². The standard InChI is InChI=1S/C23H23ClN2O5S3/c1-15-2-7-19(31-15)13-26(18-9-11-34(29,30)14-18)21(27)8-10-25-22(28)20(33-23(25)32)12-16-3-5-17(24)6-4-16/h2-7,12,18H,8-11,13-14H2,1H3/b20-12-. The van der Waals surface area contributed by atoms with Crippen LogP contribution in [-0.2, 0) is 26.0 Å². The van der Waals surface area contributed by atoms with Crippen LogP contribution < -0.4 is 0 Å². The summed E-state index contributed by atoms with van der Waals surface area (Å²) in [6.07, 6.45) is 2.15. The molecular formula is C23H23ClN2O5S3. The van der Waals surface area contributed by atoms with Crippen LogP contribution in [0.4, 0.5) is 0 Å². The van der Waals surface area contributed by atoms with Gasteiger partial charge in [-0.05, 0) is 49.2 Å². The first-order valence-corrected chi connectivity index (χ1v) is 14.1. The third-order valence-corrected chi connectivity index (χ3v) is 9.06. The summed E-state index contributed by atoms with van der Waals surface area (Å²) in [7, 11) is -3.18. The molecule has 4 rings (SSSR count). The van der Waals surface area contributed by atoms with Gasteiger partial charge in [-0.3, -0.25) is 14.5 Å². The number of furan rings is 1. The summed E-state index contributed by atoms with van der Waals surface area (Å²) in [6, 6.07) is 10.3. The molecule has 1 aromatic carbocycles. The van der Waals surface area contributed by atoms with Crippen LogP contribution in [0.1, 0.15) is 29.9 Å². The van der Waals surface area contributed by atoms with E-state index < -0.39 is 15.9 Å². The predicted molar refractivity (Wildman–Crippen MR) is 137 cm³/mol. The van der Waals surface area contributed by atoms with Gasteiger partial charge in [0.1, 0.15) is 15.8 Å². The highest BCUT2D eigenvalue weighted by molar-refractivity contribution is 8.26. The molecule has 2 saturated heterocycles. The summed E-state index contributed by atoms with van der Waals surface area (Å²) in [5.41, 5.74) is 0.823. The van der Waals surface area contributed by atoms with E-state index in [9.17, 15) is 18.0 Å². The molecule has 2 aromatic rings. The molecule has 2 fully saturated rings. The van der Waals surface area contributed by atoms with Gasteiger partial charge in [0.2, 0.25) is 5.91 Å². The Hall–Kier alpha value is -2.14. The van der Waals surface area contributed by atoms with E-state index in [1.54, 1.807) is 35.2 Å². The number of hydrogen-bond donors (Lipinski definition) is 0. The minimum absolute atomic E-state index is 0.0247. The van der Waals surface area contributed by atoms with E-state index in [0.29, 0.717) is 32.2 Å². The summed E-state index contributed by atoms with van der Waals surface area (Å²) in [6.45, 7) is 2.11. The Morgan fingerprint density at radius 3 is 2.65 bits per heavy atom. The fourth-order valence-electron chi connectivity index (χ4n) is 3.93. The quantitative estimate of drug-likeness (QED) is 0.388. The van der Waals surface area contributed by atoms with E-state index in [2.05, 4.69) is 0 Å². The highest BCUT2D eigenvalue weighted by Gasteiger charge is 2.36. The molecule has 180 valence electrons. The van der Waals surface area contributed by atoms with Crippen LogP contribution in [0.3, 0.4) is 0 Å². The van der Waals surface area contributed by atoms with Gasteiger partial charge in [0.25, 0.3) is 5.91 Å². The number of nitrogens with zero attached hydrogens (tertiary/aromatic N) is 2. The highest BCUT2D eigenvalue weighted by atomic mass is 35.5. The highest BCUT2D eigenvalue weighted by Crippen LogP contribution is 2.33. The molecule has 11 heteroatoms. The molecule has 1 atom stereocenters. The van der Waals surface area contributed by atoms with Gasteiger partial charge >= 0.3 is 0 Å². The second-order valence-electron chi connectivity index (χ2n) is 8.23. The van der Waals surface area contributed by atoms with Crippen molar-refractivity contribution in [3.63, 3.8) is 0 Å². The number of thioether (sulfide) groups is 1. The van der Waals surface area contributed by atoms with Crippen LogP contribution in [0.25, 0.3) is 6.08 Å². The molecule has 0 bridgehead atoms. The summed E-state index contributed by atoms with van der Waals surface area (Å²) in [5.74, 6) is 0.797. The number of halogens is 1. The van der Waals surface area contributed by atoms with Crippen molar-refractivity contribution in [2.45, 2.75) is 32.4 Å². The molecule has 1 aromatic heterocycles. The Morgan fingerprint density at radius 1 is 1.29 bits per heavy atom. The van der Waals surface area contributed by atoms with E-state index in [-0.39, 0.29) is 42.8 Å². The number of thiocarbonyl (C=S) groups is 1. The molecule has 0 aliphatic carbocycles. The fraction of sp³-hybridized carbons (Fsp3) is 0.348. The minimum atomic E-state index is -3.18. The maximum absolute atomic E-state index is 13.2.